The maximum Gasteiger partial charge on any atom is 0.327 e. The number of carbonyl (C=O) groups excluding carboxylic acids is 1. The molecule has 4 nitrogen and oxygen atoms in total. The summed E-state index contributed by atoms with van der Waals surface area (Å²) in [7, 11) is 3.58. The van der Waals surface area contributed by atoms with Gasteiger partial charge >= 0.3 is 5.97 Å². The number of nitrogens with one attached hydrogen (secondary N) is 1. The van der Waals surface area contributed by atoms with Gasteiger partial charge in [-0.1, -0.05) is 19.3 Å². The molecule has 2 atom stereocenters. The number of hydrogen-bond donors (Lipinski definition) is 1. The molecule has 1 saturated carbocycles. The summed E-state index contributed by atoms with van der Waals surface area (Å²) in [5.41, 5.74) is -0.481. The van der Waals surface area contributed by atoms with Gasteiger partial charge in [0.2, 0.25) is 0 Å². The highest BCUT2D eigenvalue weighted by molar-refractivity contribution is 5.81. The minimum atomic E-state index is -0.481. The van der Waals surface area contributed by atoms with Gasteiger partial charge in [0, 0.05) is 18.6 Å². The molecule has 104 valence electrons. The Bertz CT molecular complexity index is 290. The number of nitrogens with zero attached hydrogens (tertiary/aromatic N) is 1. The molecule has 1 saturated heterocycles. The predicted octanol–water partition coefficient (Wildman–Crippen LogP) is 1.54. The molecule has 0 aromatic carbocycles. The Morgan fingerprint density at radius 2 is 2.00 bits per heavy atom. The first-order chi connectivity index (χ1) is 8.57. The van der Waals surface area contributed by atoms with Crippen molar-refractivity contribution in [3.8, 4) is 0 Å². The van der Waals surface area contributed by atoms with E-state index in [9.17, 15) is 4.79 Å². The molecule has 2 aliphatic rings. The maximum absolute atomic E-state index is 12.2. The minimum absolute atomic E-state index is 0.0933. The summed E-state index contributed by atoms with van der Waals surface area (Å²) in [5.74, 6) is -0.0933. The molecule has 0 aromatic heterocycles. The first-order valence-corrected chi connectivity index (χ1v) is 7.14. The van der Waals surface area contributed by atoms with E-state index in [1.54, 1.807) is 0 Å². The molecule has 2 fully saturated rings. The van der Waals surface area contributed by atoms with Crippen LogP contribution in [0.2, 0.25) is 0 Å². The lowest BCUT2D eigenvalue weighted by Gasteiger charge is -2.34. The zero-order valence-electron chi connectivity index (χ0n) is 11.9. The quantitative estimate of drug-likeness (QED) is 0.776. The smallest absolute Gasteiger partial charge is 0.327 e. The van der Waals surface area contributed by atoms with Crippen LogP contribution in [-0.2, 0) is 9.53 Å². The summed E-state index contributed by atoms with van der Waals surface area (Å²) < 4.78 is 5.05. The van der Waals surface area contributed by atoms with Crippen molar-refractivity contribution < 1.29 is 9.53 Å². The van der Waals surface area contributed by atoms with Gasteiger partial charge < -0.3 is 9.64 Å². The van der Waals surface area contributed by atoms with Crippen molar-refractivity contribution >= 4 is 5.97 Å². The fraction of sp³-hybridized carbons (Fsp3) is 0.929. The second-order valence-corrected chi connectivity index (χ2v) is 6.02. The van der Waals surface area contributed by atoms with Crippen molar-refractivity contribution in [2.24, 2.45) is 0 Å². The van der Waals surface area contributed by atoms with E-state index in [0.717, 1.165) is 13.0 Å². The van der Waals surface area contributed by atoms with E-state index in [0.29, 0.717) is 12.1 Å². The van der Waals surface area contributed by atoms with E-state index in [1.807, 2.05) is 0 Å². The van der Waals surface area contributed by atoms with Gasteiger partial charge in [0.05, 0.1) is 7.11 Å². The molecular formula is C14H26N2O2. The van der Waals surface area contributed by atoms with E-state index in [1.165, 1.54) is 39.2 Å². The summed E-state index contributed by atoms with van der Waals surface area (Å²) in [5, 5.41) is 3.63. The number of esters is 1. The normalized spacial score (nSPS) is 34.7. The Morgan fingerprint density at radius 1 is 1.33 bits per heavy atom. The lowest BCUT2D eigenvalue weighted by molar-refractivity contribution is -0.148. The summed E-state index contributed by atoms with van der Waals surface area (Å²) in [6.45, 7) is 2.94. The van der Waals surface area contributed by atoms with E-state index in [2.05, 4.69) is 24.2 Å². The van der Waals surface area contributed by atoms with Gasteiger partial charge in [0.1, 0.15) is 5.54 Å². The molecule has 1 heterocycles. The van der Waals surface area contributed by atoms with Crippen LogP contribution in [0.5, 0.6) is 0 Å². The second kappa shape index (κ2) is 5.57. The summed E-state index contributed by atoms with van der Waals surface area (Å²) in [4.78, 5) is 14.4. The molecule has 0 bridgehead atoms. The number of likely N-dealkylation sites (N-methyl/N-ethyl adjacent to an activating group) is 1. The highest BCUT2D eigenvalue weighted by Gasteiger charge is 2.48. The van der Waals surface area contributed by atoms with Gasteiger partial charge in [0.15, 0.2) is 0 Å². The molecular weight excluding hydrogens is 228 g/mol. The third-order valence-electron chi connectivity index (χ3n) is 4.58. The fourth-order valence-electron chi connectivity index (χ4n) is 3.45. The molecule has 1 N–H and O–H groups in total. The van der Waals surface area contributed by atoms with Gasteiger partial charge in [-0.2, -0.15) is 0 Å². The predicted molar refractivity (Wildman–Crippen MR) is 71.5 cm³/mol. The second-order valence-electron chi connectivity index (χ2n) is 6.02. The van der Waals surface area contributed by atoms with Crippen molar-refractivity contribution in [3.63, 3.8) is 0 Å². The highest BCUT2D eigenvalue weighted by Crippen LogP contribution is 2.30. The van der Waals surface area contributed by atoms with Gasteiger partial charge in [0.25, 0.3) is 0 Å². The van der Waals surface area contributed by atoms with Crippen LogP contribution in [0.1, 0.15) is 45.4 Å². The van der Waals surface area contributed by atoms with Crippen LogP contribution >= 0.6 is 0 Å². The Balaban J connectivity index is 2.08. The molecule has 0 radical (unpaired) electrons. The van der Waals surface area contributed by atoms with Crippen LogP contribution in [0.25, 0.3) is 0 Å². The molecule has 1 aliphatic carbocycles. The summed E-state index contributed by atoms with van der Waals surface area (Å²) in [6, 6.07) is 0.914. The lowest BCUT2D eigenvalue weighted by Crippen LogP contribution is -2.58. The first-order valence-electron chi connectivity index (χ1n) is 7.14. The molecule has 4 heteroatoms. The van der Waals surface area contributed by atoms with Crippen molar-refractivity contribution in [2.75, 3.05) is 20.7 Å². The van der Waals surface area contributed by atoms with Gasteiger partial charge in [-0.3, -0.25) is 10.1 Å². The Morgan fingerprint density at radius 3 is 2.50 bits per heavy atom. The molecule has 1 aliphatic heterocycles. The van der Waals surface area contributed by atoms with Crippen molar-refractivity contribution in [2.45, 2.75) is 63.1 Å². The minimum Gasteiger partial charge on any atom is -0.468 e. The van der Waals surface area contributed by atoms with Crippen LogP contribution < -0.4 is 5.32 Å². The van der Waals surface area contributed by atoms with Gasteiger partial charge in [-0.25, -0.2) is 0 Å². The van der Waals surface area contributed by atoms with Crippen molar-refractivity contribution in [1.82, 2.24) is 10.2 Å². The third kappa shape index (κ3) is 2.69. The lowest BCUT2D eigenvalue weighted by atomic mass is 9.89. The van der Waals surface area contributed by atoms with Crippen molar-refractivity contribution in [1.29, 1.82) is 0 Å². The maximum atomic E-state index is 12.2. The summed E-state index contributed by atoms with van der Waals surface area (Å²) in [6.07, 6.45) is 7.13. The number of carbonyl (C=O) groups is 1. The largest absolute Gasteiger partial charge is 0.468 e. The molecule has 2 rings (SSSR count). The highest BCUT2D eigenvalue weighted by atomic mass is 16.5. The van der Waals surface area contributed by atoms with E-state index < -0.39 is 5.54 Å². The first kappa shape index (κ1) is 13.8. The Hall–Kier alpha value is -0.610. The Kier molecular flexibility index (Phi) is 4.28. The van der Waals surface area contributed by atoms with E-state index in [-0.39, 0.29) is 5.97 Å². The molecule has 0 amide bonds. The molecule has 2 unspecified atom stereocenters. The fourth-order valence-corrected chi connectivity index (χ4v) is 3.45. The van der Waals surface area contributed by atoms with Crippen LogP contribution in [0.4, 0.5) is 0 Å². The number of rotatable bonds is 3. The third-order valence-corrected chi connectivity index (χ3v) is 4.58. The number of methoxy groups -OCH3 is 1. The molecule has 0 aromatic rings. The van der Waals surface area contributed by atoms with Crippen LogP contribution in [-0.4, -0.2) is 49.2 Å². The van der Waals surface area contributed by atoms with Crippen LogP contribution in [0, 0.1) is 0 Å². The van der Waals surface area contributed by atoms with Crippen LogP contribution in [0.15, 0.2) is 0 Å². The Labute approximate surface area is 110 Å². The average molecular weight is 254 g/mol. The topological polar surface area (TPSA) is 41.6 Å². The summed E-state index contributed by atoms with van der Waals surface area (Å²) >= 11 is 0. The molecule has 18 heavy (non-hydrogen) atoms. The average Bonchev–Trinajstić information content (AvgIpc) is 2.66. The van der Waals surface area contributed by atoms with Gasteiger partial charge in [-0.15, -0.1) is 0 Å². The van der Waals surface area contributed by atoms with Crippen molar-refractivity contribution in [3.05, 3.63) is 0 Å². The SMILES string of the molecule is COC(=O)C1(NC2CCCCC2)CC(C)N(C)C1. The van der Waals surface area contributed by atoms with E-state index >= 15 is 0 Å². The van der Waals surface area contributed by atoms with Gasteiger partial charge in [-0.05, 0) is 33.2 Å². The van der Waals surface area contributed by atoms with Crippen LogP contribution in [0.3, 0.4) is 0 Å². The zero-order chi connectivity index (χ0) is 13.2. The number of likely N-dealkylation sites (tertiary alicyclic amines) is 1. The standard InChI is InChI=1S/C14H26N2O2/c1-11-9-14(10-16(11)2,13(17)18-3)15-12-7-5-4-6-8-12/h11-12,15H,4-10H2,1-3H3. The van der Waals surface area contributed by atoms with E-state index in [4.69, 9.17) is 4.74 Å². The monoisotopic (exact) mass is 254 g/mol. The zero-order valence-corrected chi connectivity index (χ0v) is 11.9. The number of hydrogen-bond acceptors (Lipinski definition) is 4. The number of ether oxygens (including phenoxy) is 1. The molecule has 0 spiro atoms.